The number of alkyl halides is 3. The second kappa shape index (κ2) is 10.1. The first kappa shape index (κ1) is 23.5. The lowest BCUT2D eigenvalue weighted by Gasteiger charge is -2.23. The van der Waals surface area contributed by atoms with Gasteiger partial charge in [-0.25, -0.2) is 9.97 Å². The maximum absolute atomic E-state index is 12.8. The Morgan fingerprint density at radius 3 is 2.68 bits per heavy atom. The number of halogens is 3. The summed E-state index contributed by atoms with van der Waals surface area (Å²) < 4.78 is 49.8. The van der Waals surface area contributed by atoms with Gasteiger partial charge in [0.05, 0.1) is 18.8 Å². The SMILES string of the molecule is N#Cc1cc(-c2nccc(Nc3cccc(C(O)C(F)(F)F)c3)n2)ccc1OC1CCOCC1. The first-order valence-corrected chi connectivity index (χ1v) is 10.6. The standard InChI is InChI=1S/C24H21F3N4O3/c25-24(26,27)22(32)15-2-1-3-18(13-15)30-21-6-9-29-23(31-21)16-4-5-20(17(12-16)14-28)34-19-7-10-33-11-8-19/h1-6,9,12-13,19,22,32H,7-8,10-11H2,(H,29,30,31). The predicted octanol–water partition coefficient (Wildman–Crippen LogP) is 4.91. The number of hydrogen-bond donors (Lipinski definition) is 2. The Hall–Kier alpha value is -3.68. The van der Waals surface area contributed by atoms with E-state index in [9.17, 15) is 23.5 Å². The van der Waals surface area contributed by atoms with Crippen molar-refractivity contribution in [3.05, 3.63) is 65.9 Å². The van der Waals surface area contributed by atoms with Crippen LogP contribution in [0.25, 0.3) is 11.4 Å². The zero-order valence-electron chi connectivity index (χ0n) is 17.9. The van der Waals surface area contributed by atoms with E-state index < -0.39 is 12.3 Å². The molecule has 0 aliphatic carbocycles. The van der Waals surface area contributed by atoms with Crippen LogP contribution in [0, 0.1) is 11.3 Å². The van der Waals surface area contributed by atoms with Crippen molar-refractivity contribution >= 4 is 11.5 Å². The fourth-order valence-corrected chi connectivity index (χ4v) is 3.52. The van der Waals surface area contributed by atoms with Gasteiger partial charge in [0, 0.05) is 30.3 Å². The lowest BCUT2D eigenvalue weighted by molar-refractivity contribution is -0.206. The molecule has 4 rings (SSSR count). The molecule has 0 saturated carbocycles. The Bertz CT molecular complexity index is 1190. The zero-order valence-corrected chi connectivity index (χ0v) is 17.9. The maximum Gasteiger partial charge on any atom is 0.418 e. The summed E-state index contributed by atoms with van der Waals surface area (Å²) in [4.78, 5) is 8.65. The van der Waals surface area contributed by atoms with Gasteiger partial charge in [-0.2, -0.15) is 18.4 Å². The van der Waals surface area contributed by atoms with Crippen LogP contribution in [0.15, 0.2) is 54.7 Å². The van der Waals surface area contributed by atoms with Gasteiger partial charge in [0.25, 0.3) is 0 Å². The lowest BCUT2D eigenvalue weighted by Crippen LogP contribution is -2.26. The molecule has 2 N–H and O–H groups in total. The smallest absolute Gasteiger partial charge is 0.418 e. The van der Waals surface area contributed by atoms with E-state index in [0.29, 0.717) is 47.4 Å². The molecule has 1 atom stereocenters. The summed E-state index contributed by atoms with van der Waals surface area (Å²) >= 11 is 0. The lowest BCUT2D eigenvalue weighted by atomic mass is 10.1. The van der Waals surface area contributed by atoms with E-state index in [0.717, 1.165) is 12.8 Å². The molecular formula is C24H21F3N4O3. The molecule has 1 aliphatic heterocycles. The number of benzene rings is 2. The van der Waals surface area contributed by atoms with E-state index in [1.807, 2.05) is 0 Å². The minimum Gasteiger partial charge on any atom is -0.489 e. The molecule has 0 bridgehead atoms. The molecule has 0 spiro atoms. The molecule has 1 aliphatic rings. The van der Waals surface area contributed by atoms with Gasteiger partial charge in [-0.05, 0) is 42.0 Å². The van der Waals surface area contributed by atoms with Gasteiger partial charge in [0.1, 0.15) is 23.7 Å². The van der Waals surface area contributed by atoms with Crippen LogP contribution in [0.3, 0.4) is 0 Å². The Kier molecular flexibility index (Phi) is 6.95. The summed E-state index contributed by atoms with van der Waals surface area (Å²) in [6.07, 6.45) is -4.35. The molecule has 1 fully saturated rings. The van der Waals surface area contributed by atoms with Gasteiger partial charge in [0.15, 0.2) is 11.9 Å². The van der Waals surface area contributed by atoms with Crippen molar-refractivity contribution in [2.45, 2.75) is 31.2 Å². The third kappa shape index (κ3) is 5.62. The number of rotatable bonds is 6. The van der Waals surface area contributed by atoms with E-state index in [-0.39, 0.29) is 11.7 Å². The van der Waals surface area contributed by atoms with Gasteiger partial charge in [-0.1, -0.05) is 12.1 Å². The zero-order chi connectivity index (χ0) is 24.1. The number of hydrogen-bond acceptors (Lipinski definition) is 7. The van der Waals surface area contributed by atoms with Crippen LogP contribution in [0.1, 0.15) is 30.1 Å². The third-order valence-corrected chi connectivity index (χ3v) is 5.26. The largest absolute Gasteiger partial charge is 0.489 e. The first-order chi connectivity index (χ1) is 16.3. The second-order valence-electron chi connectivity index (χ2n) is 7.71. The molecule has 0 radical (unpaired) electrons. The van der Waals surface area contributed by atoms with Crippen LogP contribution in [-0.2, 0) is 4.74 Å². The second-order valence-corrected chi connectivity index (χ2v) is 7.71. The quantitative estimate of drug-likeness (QED) is 0.528. The molecular weight excluding hydrogens is 449 g/mol. The summed E-state index contributed by atoms with van der Waals surface area (Å²) in [5.41, 5.74) is 0.967. The van der Waals surface area contributed by atoms with Crippen LogP contribution in [0.2, 0.25) is 0 Å². The highest BCUT2D eigenvalue weighted by atomic mass is 19.4. The molecule has 1 unspecified atom stereocenters. The van der Waals surface area contributed by atoms with E-state index in [2.05, 4.69) is 21.4 Å². The average molecular weight is 470 g/mol. The summed E-state index contributed by atoms with van der Waals surface area (Å²) in [7, 11) is 0. The van der Waals surface area contributed by atoms with Gasteiger partial charge in [-0.3, -0.25) is 0 Å². The van der Waals surface area contributed by atoms with Crippen molar-refractivity contribution in [2.75, 3.05) is 18.5 Å². The number of aromatic nitrogens is 2. The summed E-state index contributed by atoms with van der Waals surface area (Å²) in [5, 5.41) is 22.0. The van der Waals surface area contributed by atoms with Crippen molar-refractivity contribution in [3.63, 3.8) is 0 Å². The fourth-order valence-electron chi connectivity index (χ4n) is 3.52. The van der Waals surface area contributed by atoms with E-state index in [1.54, 1.807) is 30.3 Å². The predicted molar refractivity (Wildman–Crippen MR) is 117 cm³/mol. The van der Waals surface area contributed by atoms with Gasteiger partial charge < -0.3 is 19.9 Å². The Balaban J connectivity index is 1.53. The van der Waals surface area contributed by atoms with Crippen LogP contribution in [0.4, 0.5) is 24.7 Å². The van der Waals surface area contributed by atoms with Crippen molar-refractivity contribution in [1.82, 2.24) is 9.97 Å². The van der Waals surface area contributed by atoms with E-state index >= 15 is 0 Å². The molecule has 34 heavy (non-hydrogen) atoms. The number of aliphatic hydroxyl groups excluding tert-OH is 1. The number of nitriles is 1. The van der Waals surface area contributed by atoms with Crippen LogP contribution in [0.5, 0.6) is 5.75 Å². The molecule has 7 nitrogen and oxygen atoms in total. The minimum absolute atomic E-state index is 0.0119. The van der Waals surface area contributed by atoms with Crippen LogP contribution < -0.4 is 10.1 Å². The van der Waals surface area contributed by atoms with Gasteiger partial charge >= 0.3 is 6.18 Å². The topological polar surface area (TPSA) is 100 Å². The Labute approximate surface area is 193 Å². The first-order valence-electron chi connectivity index (χ1n) is 10.6. The summed E-state index contributed by atoms with van der Waals surface area (Å²) in [6.45, 7) is 1.24. The minimum atomic E-state index is -4.76. The Morgan fingerprint density at radius 2 is 1.94 bits per heavy atom. The maximum atomic E-state index is 12.8. The molecule has 1 aromatic heterocycles. The molecule has 1 saturated heterocycles. The third-order valence-electron chi connectivity index (χ3n) is 5.26. The van der Waals surface area contributed by atoms with E-state index in [1.165, 1.54) is 24.4 Å². The van der Waals surface area contributed by atoms with Crippen molar-refractivity contribution in [3.8, 4) is 23.2 Å². The average Bonchev–Trinajstić information content (AvgIpc) is 2.84. The van der Waals surface area contributed by atoms with E-state index in [4.69, 9.17) is 9.47 Å². The van der Waals surface area contributed by atoms with Crippen LogP contribution in [-0.4, -0.2) is 40.6 Å². The van der Waals surface area contributed by atoms with Crippen molar-refractivity contribution in [1.29, 1.82) is 5.26 Å². The summed E-state index contributed by atoms with van der Waals surface area (Å²) in [6, 6.07) is 14.1. The highest BCUT2D eigenvalue weighted by Gasteiger charge is 2.39. The van der Waals surface area contributed by atoms with Gasteiger partial charge in [0.2, 0.25) is 0 Å². The summed E-state index contributed by atoms with van der Waals surface area (Å²) in [5.74, 6) is 1.14. The molecule has 2 heterocycles. The molecule has 176 valence electrons. The Morgan fingerprint density at radius 1 is 1.15 bits per heavy atom. The molecule has 0 amide bonds. The van der Waals surface area contributed by atoms with Crippen molar-refractivity contribution < 1.29 is 27.8 Å². The number of ether oxygens (including phenoxy) is 2. The number of nitrogens with zero attached hydrogens (tertiary/aromatic N) is 3. The van der Waals surface area contributed by atoms with Crippen molar-refractivity contribution in [2.24, 2.45) is 0 Å². The van der Waals surface area contributed by atoms with Gasteiger partial charge in [-0.15, -0.1) is 0 Å². The fraction of sp³-hybridized carbons (Fsp3) is 0.292. The normalized spacial score (nSPS) is 15.4. The number of nitrogens with one attached hydrogen (secondary N) is 1. The monoisotopic (exact) mass is 470 g/mol. The highest BCUT2D eigenvalue weighted by Crippen LogP contribution is 2.34. The molecule has 3 aromatic rings. The highest BCUT2D eigenvalue weighted by molar-refractivity contribution is 5.64. The van der Waals surface area contributed by atoms with Crippen LogP contribution >= 0.6 is 0 Å². The number of anilines is 2. The molecule has 2 aromatic carbocycles. The molecule has 10 heteroatoms. The number of aliphatic hydroxyl groups is 1.